The number of benzene rings is 1. The van der Waals surface area contributed by atoms with E-state index >= 15 is 0 Å². The van der Waals surface area contributed by atoms with E-state index in [1.165, 1.54) is 23.1 Å². The molecule has 1 nitrogen and oxygen atoms in total. The molecule has 1 aromatic carbocycles. The minimum absolute atomic E-state index is 1.15. The maximum absolute atomic E-state index is 4.14. The first kappa shape index (κ1) is 9.91. The smallest absolute Gasteiger partial charge is 0.0346 e. The highest BCUT2D eigenvalue weighted by molar-refractivity contribution is 5.62. The Morgan fingerprint density at radius 1 is 1.07 bits per heavy atom. The fraction of sp³-hybridized carbons (Fsp3) is 0.214. The highest BCUT2D eigenvalue weighted by Crippen LogP contribution is 2.19. The lowest BCUT2D eigenvalue weighted by molar-refractivity contribution is 0.922. The summed E-state index contributed by atoms with van der Waals surface area (Å²) in [6, 6.07) is 12.8. The van der Waals surface area contributed by atoms with Gasteiger partial charge in [-0.15, -0.1) is 0 Å². The van der Waals surface area contributed by atoms with Gasteiger partial charge in [-0.2, -0.15) is 0 Å². The topological polar surface area (TPSA) is 12.9 Å². The van der Waals surface area contributed by atoms with Crippen LogP contribution < -0.4 is 0 Å². The lowest BCUT2D eigenvalue weighted by Gasteiger charge is -2.03. The molecule has 1 heteroatoms. The summed E-state index contributed by atoms with van der Waals surface area (Å²) in [5.41, 5.74) is 3.85. The van der Waals surface area contributed by atoms with Gasteiger partial charge in [0.25, 0.3) is 0 Å². The minimum Gasteiger partial charge on any atom is -0.264 e. The molecule has 0 amide bonds. The molecule has 0 aliphatic carbocycles. The maximum atomic E-state index is 4.14. The first-order chi connectivity index (χ1) is 7.40. The van der Waals surface area contributed by atoms with Crippen LogP contribution in [0.1, 0.15) is 18.9 Å². The number of aromatic nitrogens is 1. The standard InChI is InChI=1S/C14H15N/c1-2-5-12-6-3-7-13(10-12)14-8-4-9-15-11-14/h3-4,6-11H,2,5H2,1H3. The zero-order chi connectivity index (χ0) is 10.5. The average Bonchev–Trinajstić information content (AvgIpc) is 2.31. The van der Waals surface area contributed by atoms with Crippen molar-refractivity contribution in [3.8, 4) is 11.1 Å². The Kier molecular flexibility index (Phi) is 3.13. The Morgan fingerprint density at radius 2 is 1.93 bits per heavy atom. The van der Waals surface area contributed by atoms with E-state index in [1.54, 1.807) is 6.20 Å². The van der Waals surface area contributed by atoms with Crippen LogP contribution in [0.3, 0.4) is 0 Å². The molecule has 0 saturated heterocycles. The van der Waals surface area contributed by atoms with Crippen LogP contribution in [0.15, 0.2) is 48.8 Å². The second kappa shape index (κ2) is 4.74. The van der Waals surface area contributed by atoms with E-state index in [0.29, 0.717) is 0 Å². The van der Waals surface area contributed by atoms with Crippen LogP contribution in [0.25, 0.3) is 11.1 Å². The highest BCUT2D eigenvalue weighted by Gasteiger charge is 1.98. The molecule has 0 radical (unpaired) electrons. The number of rotatable bonds is 3. The van der Waals surface area contributed by atoms with E-state index in [2.05, 4.69) is 42.2 Å². The molecule has 0 aliphatic heterocycles. The quantitative estimate of drug-likeness (QED) is 0.731. The van der Waals surface area contributed by atoms with E-state index in [4.69, 9.17) is 0 Å². The average molecular weight is 197 g/mol. The third kappa shape index (κ3) is 2.44. The third-order valence-corrected chi connectivity index (χ3v) is 2.46. The predicted molar refractivity (Wildman–Crippen MR) is 63.7 cm³/mol. The molecular weight excluding hydrogens is 182 g/mol. The second-order valence-electron chi connectivity index (χ2n) is 3.69. The molecule has 0 aliphatic rings. The number of nitrogens with zero attached hydrogens (tertiary/aromatic N) is 1. The van der Waals surface area contributed by atoms with Crippen molar-refractivity contribution in [2.24, 2.45) is 0 Å². The van der Waals surface area contributed by atoms with Crippen LogP contribution in [-0.2, 0) is 6.42 Å². The summed E-state index contributed by atoms with van der Waals surface area (Å²) in [5, 5.41) is 0. The fourth-order valence-electron chi connectivity index (χ4n) is 1.73. The van der Waals surface area contributed by atoms with Crippen molar-refractivity contribution in [1.82, 2.24) is 4.98 Å². The Balaban J connectivity index is 2.33. The van der Waals surface area contributed by atoms with Gasteiger partial charge in [-0.1, -0.05) is 43.7 Å². The molecule has 0 fully saturated rings. The summed E-state index contributed by atoms with van der Waals surface area (Å²) in [6.45, 7) is 2.21. The lowest BCUT2D eigenvalue weighted by Crippen LogP contribution is -1.85. The summed E-state index contributed by atoms with van der Waals surface area (Å²) in [4.78, 5) is 4.14. The molecule has 0 atom stereocenters. The van der Waals surface area contributed by atoms with Gasteiger partial charge in [0.05, 0.1) is 0 Å². The van der Waals surface area contributed by atoms with Crippen molar-refractivity contribution in [3.63, 3.8) is 0 Å². The van der Waals surface area contributed by atoms with Crippen LogP contribution >= 0.6 is 0 Å². The normalized spacial score (nSPS) is 10.2. The third-order valence-electron chi connectivity index (χ3n) is 2.46. The SMILES string of the molecule is CCCc1cccc(-c2cccnc2)c1. The van der Waals surface area contributed by atoms with Crippen LogP contribution in [0.4, 0.5) is 0 Å². The monoisotopic (exact) mass is 197 g/mol. The van der Waals surface area contributed by atoms with Crippen LogP contribution in [-0.4, -0.2) is 4.98 Å². The van der Waals surface area contributed by atoms with Crippen LogP contribution in [0.2, 0.25) is 0 Å². The summed E-state index contributed by atoms with van der Waals surface area (Å²) < 4.78 is 0. The van der Waals surface area contributed by atoms with E-state index in [-0.39, 0.29) is 0 Å². The van der Waals surface area contributed by atoms with Gasteiger partial charge >= 0.3 is 0 Å². The lowest BCUT2D eigenvalue weighted by atomic mass is 10.0. The molecule has 0 unspecified atom stereocenters. The molecule has 1 aromatic heterocycles. The zero-order valence-electron chi connectivity index (χ0n) is 8.98. The van der Waals surface area contributed by atoms with Gasteiger partial charge in [0.2, 0.25) is 0 Å². The van der Waals surface area contributed by atoms with Crippen molar-refractivity contribution >= 4 is 0 Å². The maximum Gasteiger partial charge on any atom is 0.0346 e. The van der Waals surface area contributed by atoms with Crippen molar-refractivity contribution in [1.29, 1.82) is 0 Å². The van der Waals surface area contributed by atoms with Crippen molar-refractivity contribution in [2.75, 3.05) is 0 Å². The first-order valence-corrected chi connectivity index (χ1v) is 5.39. The zero-order valence-corrected chi connectivity index (χ0v) is 8.98. The summed E-state index contributed by atoms with van der Waals surface area (Å²) in [5.74, 6) is 0. The molecule has 76 valence electrons. The molecule has 2 rings (SSSR count). The molecule has 2 aromatic rings. The van der Waals surface area contributed by atoms with Gasteiger partial charge in [0.15, 0.2) is 0 Å². The van der Waals surface area contributed by atoms with E-state index in [0.717, 1.165) is 6.42 Å². The number of pyridine rings is 1. The van der Waals surface area contributed by atoms with E-state index in [1.807, 2.05) is 12.3 Å². The van der Waals surface area contributed by atoms with Gasteiger partial charge in [-0.3, -0.25) is 4.98 Å². The summed E-state index contributed by atoms with van der Waals surface area (Å²) >= 11 is 0. The highest BCUT2D eigenvalue weighted by atomic mass is 14.6. The molecule has 0 spiro atoms. The van der Waals surface area contributed by atoms with E-state index < -0.39 is 0 Å². The molecule has 0 saturated carbocycles. The number of hydrogen-bond donors (Lipinski definition) is 0. The Hall–Kier alpha value is -1.63. The van der Waals surface area contributed by atoms with Crippen molar-refractivity contribution in [2.45, 2.75) is 19.8 Å². The number of hydrogen-bond acceptors (Lipinski definition) is 1. The van der Waals surface area contributed by atoms with Crippen molar-refractivity contribution in [3.05, 3.63) is 54.4 Å². The fourth-order valence-corrected chi connectivity index (χ4v) is 1.73. The van der Waals surface area contributed by atoms with Gasteiger partial charge in [-0.05, 0) is 29.2 Å². The van der Waals surface area contributed by atoms with Crippen LogP contribution in [0, 0.1) is 0 Å². The molecular formula is C14H15N. The Morgan fingerprint density at radius 3 is 2.67 bits per heavy atom. The van der Waals surface area contributed by atoms with Gasteiger partial charge in [-0.25, -0.2) is 0 Å². The molecule has 0 N–H and O–H groups in total. The number of aryl methyl sites for hydroxylation is 1. The Bertz CT molecular complexity index is 420. The minimum atomic E-state index is 1.15. The summed E-state index contributed by atoms with van der Waals surface area (Å²) in [7, 11) is 0. The van der Waals surface area contributed by atoms with Crippen molar-refractivity contribution < 1.29 is 0 Å². The molecule has 0 bridgehead atoms. The van der Waals surface area contributed by atoms with Crippen LogP contribution in [0.5, 0.6) is 0 Å². The van der Waals surface area contributed by atoms with Gasteiger partial charge < -0.3 is 0 Å². The first-order valence-electron chi connectivity index (χ1n) is 5.39. The van der Waals surface area contributed by atoms with Gasteiger partial charge in [0, 0.05) is 12.4 Å². The molecule has 1 heterocycles. The molecule has 15 heavy (non-hydrogen) atoms. The van der Waals surface area contributed by atoms with Gasteiger partial charge in [0.1, 0.15) is 0 Å². The Labute approximate surface area is 90.8 Å². The predicted octanol–water partition coefficient (Wildman–Crippen LogP) is 3.70. The second-order valence-corrected chi connectivity index (χ2v) is 3.69. The van der Waals surface area contributed by atoms with E-state index in [9.17, 15) is 0 Å². The summed E-state index contributed by atoms with van der Waals surface area (Å²) in [6.07, 6.45) is 6.05. The largest absolute Gasteiger partial charge is 0.264 e.